The van der Waals surface area contributed by atoms with Crippen LogP contribution in [0.25, 0.3) is 0 Å². The molecule has 2 rings (SSSR count). The van der Waals surface area contributed by atoms with Gasteiger partial charge in [-0.15, -0.1) is 0 Å². The molecule has 0 radical (unpaired) electrons. The van der Waals surface area contributed by atoms with Crippen molar-refractivity contribution < 1.29 is 111 Å². The molecule has 0 aliphatic heterocycles. The fourth-order valence-electron chi connectivity index (χ4n) is 3.37. The van der Waals surface area contributed by atoms with E-state index in [1.165, 1.54) is 25.0 Å². The summed E-state index contributed by atoms with van der Waals surface area (Å²) in [7, 11) is -4.94. The van der Waals surface area contributed by atoms with Crippen molar-refractivity contribution in [2.45, 2.75) is 88.1 Å². The number of carboxylic acids is 2. The first kappa shape index (κ1) is 35.7. The van der Waals surface area contributed by atoms with Crippen LogP contribution in [0, 0.1) is 0 Å². The van der Waals surface area contributed by atoms with Gasteiger partial charge in [-0.3, -0.25) is 4.55 Å². The fraction of sp³-hybridized carbons (Fsp3) is 0.700. The van der Waals surface area contributed by atoms with Crippen molar-refractivity contribution in [1.82, 2.24) is 0 Å². The quantitative estimate of drug-likeness (QED) is 0.138. The van der Waals surface area contributed by atoms with E-state index in [1.54, 1.807) is 0 Å². The van der Waals surface area contributed by atoms with Gasteiger partial charge >= 0.3 is 71.1 Å². The van der Waals surface area contributed by atoms with Crippen molar-refractivity contribution in [3.63, 3.8) is 0 Å². The maximum atomic E-state index is 11.6. The van der Waals surface area contributed by atoms with Crippen molar-refractivity contribution in [1.29, 1.82) is 0 Å². The monoisotopic (exact) mass is 522 g/mol. The molecule has 0 aromatic carbocycles. The fourth-order valence-corrected chi connectivity index (χ4v) is 3.96. The van der Waals surface area contributed by atoms with Gasteiger partial charge in [0.2, 0.25) is 0 Å². The molecule has 182 valence electrons. The van der Waals surface area contributed by atoms with E-state index in [9.17, 15) is 37.8 Å². The number of esters is 2. The third-order valence-corrected chi connectivity index (χ3v) is 6.08. The second-order valence-electron chi connectivity index (χ2n) is 7.63. The molecule has 0 heterocycles. The molecule has 0 aromatic heterocycles. The van der Waals surface area contributed by atoms with Crippen LogP contribution in [0.15, 0.2) is 12.2 Å². The second kappa shape index (κ2) is 18.8. The van der Waals surface area contributed by atoms with Gasteiger partial charge in [0.25, 0.3) is 10.1 Å². The van der Waals surface area contributed by atoms with E-state index in [2.05, 4.69) is 0 Å². The normalized spacial score (nSPS) is 17.7. The number of ether oxygens (including phenoxy) is 2. The largest absolute Gasteiger partial charge is 1.00 e. The van der Waals surface area contributed by atoms with E-state index in [1.807, 2.05) is 0 Å². The summed E-state index contributed by atoms with van der Waals surface area (Å²) in [6.45, 7) is 0. The van der Waals surface area contributed by atoms with E-state index >= 15 is 0 Å². The minimum atomic E-state index is -4.94. The maximum absolute atomic E-state index is 11.6. The first-order chi connectivity index (χ1) is 15.0. The molecule has 11 nitrogen and oxygen atoms in total. The molecule has 2 aliphatic carbocycles. The van der Waals surface area contributed by atoms with E-state index < -0.39 is 45.7 Å². The van der Waals surface area contributed by atoms with Crippen molar-refractivity contribution in [3.05, 3.63) is 12.2 Å². The Morgan fingerprint density at radius 2 is 1.15 bits per heavy atom. The third-order valence-electron chi connectivity index (χ3n) is 5.00. The number of carbonyl (C=O) groups is 4. The summed E-state index contributed by atoms with van der Waals surface area (Å²) in [6.07, 6.45) is 11.8. The summed E-state index contributed by atoms with van der Waals surface area (Å²) >= 11 is 0. The van der Waals surface area contributed by atoms with Crippen LogP contribution in [0.4, 0.5) is 0 Å². The average molecular weight is 522 g/mol. The Hall–Kier alpha value is -0.470. The van der Waals surface area contributed by atoms with Crippen molar-refractivity contribution >= 4 is 34.0 Å². The Balaban J connectivity index is 0. The van der Waals surface area contributed by atoms with Gasteiger partial charge in [-0.2, -0.15) is 8.42 Å². The topological polar surface area (TPSA) is 187 Å². The molecule has 0 bridgehead atoms. The third kappa shape index (κ3) is 16.2. The first-order valence-electron chi connectivity index (χ1n) is 10.5. The molecular weight excluding hydrogens is 494 g/mol. The Labute approximate surface area is 243 Å². The number of hydrogen-bond donors (Lipinski definition) is 1. The Bertz CT molecular complexity index is 752. The van der Waals surface area contributed by atoms with Crippen LogP contribution in [-0.4, -0.2) is 54.3 Å². The number of carbonyl (C=O) groups excluding carboxylic acids is 4. The zero-order valence-electron chi connectivity index (χ0n) is 19.6. The molecule has 1 N–H and O–H groups in total. The Kier molecular flexibility index (Phi) is 19.7. The summed E-state index contributed by atoms with van der Waals surface area (Å²) in [6, 6.07) is 0. The zero-order valence-corrected chi connectivity index (χ0v) is 24.4. The molecule has 0 saturated heterocycles. The first-order valence-corrected chi connectivity index (χ1v) is 12.0. The Morgan fingerprint density at radius 1 is 0.794 bits per heavy atom. The molecule has 14 heteroatoms. The molecule has 1 unspecified atom stereocenters. The minimum Gasteiger partial charge on any atom is -0.550 e. The van der Waals surface area contributed by atoms with Crippen LogP contribution in [0.5, 0.6) is 0 Å². The summed E-state index contributed by atoms with van der Waals surface area (Å²) in [5, 5.41) is 17.3. The summed E-state index contributed by atoms with van der Waals surface area (Å²) in [4.78, 5) is 42.9. The van der Waals surface area contributed by atoms with Gasteiger partial charge < -0.3 is 29.3 Å². The van der Waals surface area contributed by atoms with Gasteiger partial charge in [-0.1, -0.05) is 12.8 Å². The summed E-state index contributed by atoms with van der Waals surface area (Å²) in [5.74, 6) is -4.95. The van der Waals surface area contributed by atoms with Gasteiger partial charge in [0.15, 0.2) is 0 Å². The van der Waals surface area contributed by atoms with E-state index in [0.717, 1.165) is 51.4 Å². The molecule has 2 saturated carbocycles. The van der Waals surface area contributed by atoms with Crippen LogP contribution in [0.1, 0.15) is 70.6 Å². The summed E-state index contributed by atoms with van der Waals surface area (Å²) in [5.41, 5.74) is 0. The van der Waals surface area contributed by atoms with Gasteiger partial charge in [-0.05, 0) is 51.4 Å². The van der Waals surface area contributed by atoms with Crippen molar-refractivity contribution in [3.8, 4) is 0 Å². The SMILES string of the molecule is O=C(/C=C\C(=O)OC1CCCCC1)OC1CCCCC1.O=C([O-])CC(C(=O)[O-])S(=O)(=O)O.[Na+].[Na+]. The van der Waals surface area contributed by atoms with Crippen LogP contribution >= 0.6 is 0 Å². The average Bonchev–Trinajstić information content (AvgIpc) is 2.71. The van der Waals surface area contributed by atoms with Crippen LogP contribution in [0.3, 0.4) is 0 Å². The molecule has 1 atom stereocenters. The van der Waals surface area contributed by atoms with Gasteiger partial charge in [0, 0.05) is 24.5 Å². The predicted molar refractivity (Wildman–Crippen MR) is 105 cm³/mol. The molecule has 0 spiro atoms. The van der Waals surface area contributed by atoms with E-state index in [-0.39, 0.29) is 71.3 Å². The maximum Gasteiger partial charge on any atom is 1.00 e. The van der Waals surface area contributed by atoms with E-state index in [4.69, 9.17) is 14.0 Å². The standard InChI is InChI=1S/C16H24O4.C4H6O7S.2Na/c17-15(19-13-7-3-1-4-8-13)11-12-16(18)20-14-9-5-2-6-10-14;5-3(6)1-2(4(7)8)12(9,10)11;;/h11-14H,1-10H2;2H,1H2,(H,5,6)(H,7,8)(H,9,10,11);;/q;;2*+1/p-2/b12-11-;;;. The van der Waals surface area contributed by atoms with Gasteiger partial charge in [0.1, 0.15) is 17.5 Å². The number of aliphatic carboxylic acids is 2. The second-order valence-corrected chi connectivity index (χ2v) is 9.22. The molecular formula is C20H28Na2O11S. The molecule has 0 aromatic rings. The smallest absolute Gasteiger partial charge is 0.550 e. The Morgan fingerprint density at radius 3 is 1.38 bits per heavy atom. The van der Waals surface area contributed by atoms with Crippen LogP contribution in [0.2, 0.25) is 0 Å². The number of rotatable bonds is 8. The van der Waals surface area contributed by atoms with Crippen molar-refractivity contribution in [2.75, 3.05) is 0 Å². The van der Waals surface area contributed by atoms with E-state index in [0.29, 0.717) is 0 Å². The zero-order chi connectivity index (χ0) is 24.1. The summed E-state index contributed by atoms with van der Waals surface area (Å²) < 4.78 is 39.1. The molecule has 0 amide bonds. The van der Waals surface area contributed by atoms with Crippen LogP contribution < -0.4 is 69.3 Å². The van der Waals surface area contributed by atoms with Gasteiger partial charge in [0.05, 0.1) is 5.97 Å². The minimum absolute atomic E-state index is 0. The predicted octanol–water partition coefficient (Wildman–Crippen LogP) is -6.56. The van der Waals surface area contributed by atoms with Gasteiger partial charge in [-0.25, -0.2) is 9.59 Å². The van der Waals surface area contributed by atoms with Crippen molar-refractivity contribution in [2.24, 2.45) is 0 Å². The molecule has 2 aliphatic rings. The molecule has 2 fully saturated rings. The number of carboxylic acid groups (broad SMARTS) is 2. The van der Waals surface area contributed by atoms with Crippen LogP contribution in [-0.2, 0) is 38.8 Å². The number of hydrogen-bond acceptors (Lipinski definition) is 10. The molecule has 34 heavy (non-hydrogen) atoms.